The summed E-state index contributed by atoms with van der Waals surface area (Å²) in [5.74, 6) is -0.0241. The second-order valence-corrected chi connectivity index (χ2v) is 5.32. The van der Waals surface area contributed by atoms with Crippen LogP contribution in [-0.2, 0) is 20.7 Å². The average molecular weight is 355 g/mol. The highest BCUT2D eigenvalue weighted by atomic mass is 16.5. The van der Waals surface area contributed by atoms with Crippen molar-refractivity contribution >= 4 is 18.4 Å². The van der Waals surface area contributed by atoms with Gasteiger partial charge in [-0.3, -0.25) is 9.59 Å². The number of H-pyrrole nitrogens is 1. The summed E-state index contributed by atoms with van der Waals surface area (Å²) in [7, 11) is 1.51. The number of nitrogens with zero attached hydrogens (tertiary/aromatic N) is 3. The van der Waals surface area contributed by atoms with Crippen LogP contribution in [0.5, 0.6) is 0 Å². The molecule has 10 heteroatoms. The minimum atomic E-state index is -0.250. The Morgan fingerprint density at radius 2 is 2.04 bits per heavy atom. The Balaban J connectivity index is 0.000000970. The predicted octanol–water partition coefficient (Wildman–Crippen LogP) is -0.457. The third kappa shape index (κ3) is 7.66. The molecule has 3 N–H and O–H groups in total. The number of carboxylic acid groups (broad SMARTS) is 1. The Labute approximate surface area is 146 Å². The maximum atomic E-state index is 12.1. The van der Waals surface area contributed by atoms with E-state index in [2.05, 4.69) is 15.3 Å². The molecule has 0 unspecified atom stereocenters. The molecule has 25 heavy (non-hydrogen) atoms. The molecule has 10 nitrogen and oxygen atoms in total. The number of aromatic nitrogens is 2. The van der Waals surface area contributed by atoms with Crippen molar-refractivity contribution in [1.29, 1.82) is 0 Å². The topological polar surface area (TPSA) is 128 Å². The van der Waals surface area contributed by atoms with E-state index in [1.165, 1.54) is 7.11 Å². The van der Waals surface area contributed by atoms with Crippen LogP contribution in [0.1, 0.15) is 12.1 Å². The molecular weight excluding hydrogens is 330 g/mol. The number of hydrogen-bond acceptors (Lipinski definition) is 5. The highest BCUT2D eigenvalue weighted by Gasteiger charge is 2.21. The number of carbonyl (C=O) groups is 3. The van der Waals surface area contributed by atoms with Crippen LogP contribution in [0.15, 0.2) is 12.5 Å². The van der Waals surface area contributed by atoms with Crippen LogP contribution >= 0.6 is 0 Å². The fourth-order valence-corrected chi connectivity index (χ4v) is 2.42. The number of nitrogens with one attached hydrogen (secondary N) is 2. The van der Waals surface area contributed by atoms with Crippen LogP contribution in [0, 0.1) is 0 Å². The lowest BCUT2D eigenvalue weighted by Gasteiger charge is -2.22. The van der Waals surface area contributed by atoms with Gasteiger partial charge in [0.15, 0.2) is 0 Å². The number of rotatable bonds is 5. The molecule has 1 aliphatic rings. The van der Waals surface area contributed by atoms with E-state index in [1.54, 1.807) is 22.3 Å². The van der Waals surface area contributed by atoms with Crippen molar-refractivity contribution in [3.63, 3.8) is 0 Å². The summed E-state index contributed by atoms with van der Waals surface area (Å²) >= 11 is 0. The van der Waals surface area contributed by atoms with E-state index >= 15 is 0 Å². The van der Waals surface area contributed by atoms with Crippen LogP contribution in [0.4, 0.5) is 4.79 Å². The number of hydrogen-bond donors (Lipinski definition) is 3. The smallest absolute Gasteiger partial charge is 0.317 e. The molecule has 1 aromatic rings. The summed E-state index contributed by atoms with van der Waals surface area (Å²) in [6.45, 7) is 2.83. The van der Waals surface area contributed by atoms with Crippen molar-refractivity contribution in [2.75, 3.05) is 46.4 Å². The minimum absolute atomic E-state index is 0.0241. The van der Waals surface area contributed by atoms with Crippen LogP contribution in [0.25, 0.3) is 0 Å². The zero-order valence-electron chi connectivity index (χ0n) is 14.3. The van der Waals surface area contributed by atoms with Crippen LogP contribution in [-0.4, -0.2) is 89.7 Å². The second kappa shape index (κ2) is 11.8. The molecule has 0 spiro atoms. The molecule has 1 saturated heterocycles. The molecule has 0 bridgehead atoms. The Hall–Kier alpha value is -2.62. The van der Waals surface area contributed by atoms with E-state index in [0.29, 0.717) is 32.7 Å². The van der Waals surface area contributed by atoms with Gasteiger partial charge in [-0.25, -0.2) is 9.78 Å². The van der Waals surface area contributed by atoms with Crippen molar-refractivity contribution in [2.45, 2.75) is 12.8 Å². The number of aromatic amines is 1. The second-order valence-electron chi connectivity index (χ2n) is 5.32. The summed E-state index contributed by atoms with van der Waals surface area (Å²) in [6, 6.07) is -0.0828. The third-order valence-electron chi connectivity index (χ3n) is 3.63. The number of methoxy groups -OCH3 is 1. The van der Waals surface area contributed by atoms with Crippen molar-refractivity contribution in [3.05, 3.63) is 18.2 Å². The van der Waals surface area contributed by atoms with Gasteiger partial charge in [0.25, 0.3) is 6.47 Å². The van der Waals surface area contributed by atoms with Gasteiger partial charge in [-0.2, -0.15) is 0 Å². The summed E-state index contributed by atoms with van der Waals surface area (Å²) in [4.78, 5) is 42.7. The number of imidazole rings is 1. The quantitative estimate of drug-likeness (QED) is 0.614. The van der Waals surface area contributed by atoms with Gasteiger partial charge in [0.1, 0.15) is 6.61 Å². The molecule has 2 heterocycles. The van der Waals surface area contributed by atoms with Gasteiger partial charge in [0, 0.05) is 58.1 Å². The molecule has 0 aliphatic carbocycles. The van der Waals surface area contributed by atoms with Gasteiger partial charge < -0.3 is 29.9 Å². The van der Waals surface area contributed by atoms with E-state index in [9.17, 15) is 9.59 Å². The maximum absolute atomic E-state index is 12.1. The third-order valence-corrected chi connectivity index (χ3v) is 3.63. The van der Waals surface area contributed by atoms with Gasteiger partial charge in [-0.15, -0.1) is 0 Å². The normalized spacial score (nSPS) is 14.1. The molecule has 1 fully saturated rings. The molecule has 0 aromatic carbocycles. The van der Waals surface area contributed by atoms with Gasteiger partial charge >= 0.3 is 6.03 Å². The lowest BCUT2D eigenvalue weighted by Crippen LogP contribution is -2.43. The molecule has 0 atom stereocenters. The Bertz CT molecular complexity index is 522. The molecule has 140 valence electrons. The fraction of sp³-hybridized carbons (Fsp3) is 0.600. The summed E-state index contributed by atoms with van der Waals surface area (Å²) in [5.41, 5.74) is 0.993. The lowest BCUT2D eigenvalue weighted by molar-refractivity contribution is -0.135. The first-order chi connectivity index (χ1) is 12.1. The molecular formula is C15H25N5O5. The Morgan fingerprint density at radius 1 is 1.36 bits per heavy atom. The fourth-order valence-electron chi connectivity index (χ4n) is 2.42. The van der Waals surface area contributed by atoms with Crippen molar-refractivity contribution in [2.24, 2.45) is 0 Å². The zero-order chi connectivity index (χ0) is 18.5. The first-order valence-electron chi connectivity index (χ1n) is 7.97. The highest BCUT2D eigenvalue weighted by Crippen LogP contribution is 2.04. The molecule has 1 aliphatic heterocycles. The Morgan fingerprint density at radius 3 is 2.68 bits per heavy atom. The molecule has 2 rings (SSSR count). The van der Waals surface area contributed by atoms with E-state index in [-0.39, 0.29) is 25.0 Å². The van der Waals surface area contributed by atoms with Crippen molar-refractivity contribution < 1.29 is 24.2 Å². The van der Waals surface area contributed by atoms with Gasteiger partial charge in [-0.05, 0) is 6.42 Å². The number of urea groups is 1. The van der Waals surface area contributed by atoms with Gasteiger partial charge in [0.05, 0.1) is 6.33 Å². The Kier molecular flexibility index (Phi) is 9.68. The minimum Gasteiger partial charge on any atom is -0.483 e. The first-order valence-corrected chi connectivity index (χ1v) is 7.97. The lowest BCUT2D eigenvalue weighted by atomic mass is 10.3. The molecule has 0 saturated carbocycles. The maximum Gasteiger partial charge on any atom is 0.317 e. The van der Waals surface area contributed by atoms with Crippen molar-refractivity contribution in [3.8, 4) is 0 Å². The van der Waals surface area contributed by atoms with E-state index in [0.717, 1.165) is 18.5 Å². The standard InChI is InChI=1S/C14H23N5O3.CH2O2/c1-22-10-13(20)18-5-2-6-19(8-7-18)14(21)16-4-3-12-9-15-11-17-12;2-1-3/h9,11H,2-8,10H2,1H3,(H,15,17)(H,16,21);1H,(H,2,3). The summed E-state index contributed by atoms with van der Waals surface area (Å²) in [6.07, 6.45) is 4.87. The monoisotopic (exact) mass is 355 g/mol. The van der Waals surface area contributed by atoms with E-state index in [4.69, 9.17) is 14.6 Å². The molecule has 0 radical (unpaired) electrons. The summed E-state index contributed by atoms with van der Waals surface area (Å²) < 4.78 is 4.87. The van der Waals surface area contributed by atoms with Crippen LogP contribution < -0.4 is 5.32 Å². The summed E-state index contributed by atoms with van der Waals surface area (Å²) in [5, 5.41) is 9.79. The molecule has 3 amide bonds. The van der Waals surface area contributed by atoms with Crippen LogP contribution in [0.3, 0.4) is 0 Å². The number of amides is 3. The van der Waals surface area contributed by atoms with E-state index in [1.807, 2.05) is 0 Å². The number of carbonyl (C=O) groups excluding carboxylic acids is 2. The average Bonchev–Trinajstić information content (AvgIpc) is 2.97. The first kappa shape index (κ1) is 20.4. The SMILES string of the molecule is COCC(=O)N1CCCN(C(=O)NCCc2cnc[nH]2)CC1.O=CO. The largest absolute Gasteiger partial charge is 0.483 e. The van der Waals surface area contributed by atoms with Crippen LogP contribution in [0.2, 0.25) is 0 Å². The van der Waals surface area contributed by atoms with E-state index < -0.39 is 0 Å². The molecule has 1 aromatic heterocycles. The highest BCUT2D eigenvalue weighted by molar-refractivity contribution is 5.78. The van der Waals surface area contributed by atoms with Gasteiger partial charge in [0.2, 0.25) is 5.91 Å². The zero-order valence-corrected chi connectivity index (χ0v) is 14.3. The van der Waals surface area contributed by atoms with Crippen molar-refractivity contribution in [1.82, 2.24) is 25.1 Å². The number of ether oxygens (including phenoxy) is 1. The predicted molar refractivity (Wildman–Crippen MR) is 89.0 cm³/mol. The van der Waals surface area contributed by atoms with Gasteiger partial charge in [-0.1, -0.05) is 0 Å².